The Morgan fingerprint density at radius 1 is 0.973 bits per heavy atom. The summed E-state index contributed by atoms with van der Waals surface area (Å²) in [7, 11) is 6.29. The zero-order chi connectivity index (χ0) is 25.9. The zero-order valence-corrected chi connectivity index (χ0v) is 22.3. The fraction of sp³-hybridized carbons (Fsp3) is 0.310. The van der Waals surface area contributed by atoms with Crippen LogP contribution in [-0.2, 0) is 7.05 Å². The molecule has 0 aliphatic carbocycles. The molecule has 0 radical (unpaired) electrons. The van der Waals surface area contributed by atoms with Gasteiger partial charge in [0.05, 0.1) is 17.1 Å². The van der Waals surface area contributed by atoms with Crippen LogP contribution in [0.15, 0.2) is 60.9 Å². The summed E-state index contributed by atoms with van der Waals surface area (Å²) in [6.45, 7) is 8.08. The molecule has 3 heterocycles. The molecule has 0 amide bonds. The predicted octanol–water partition coefficient (Wildman–Crippen LogP) is 5.68. The molecule has 5 rings (SSSR count). The summed E-state index contributed by atoms with van der Waals surface area (Å²) in [4.78, 5) is 17.7. The summed E-state index contributed by atoms with van der Waals surface area (Å²) in [6.07, 6.45) is 4.07. The molecular weight excluding hydrogens is 460 g/mol. The summed E-state index contributed by atoms with van der Waals surface area (Å²) < 4.78 is 2.15. The lowest BCUT2D eigenvalue weighted by Gasteiger charge is -2.27. The van der Waals surface area contributed by atoms with Crippen LogP contribution in [0.2, 0.25) is 0 Å². The van der Waals surface area contributed by atoms with Crippen molar-refractivity contribution >= 4 is 44.9 Å². The normalized spacial score (nSPS) is 11.5. The summed E-state index contributed by atoms with van der Waals surface area (Å²) in [5, 5.41) is 9.19. The number of H-pyrrole nitrogens is 1. The van der Waals surface area contributed by atoms with E-state index in [-0.39, 0.29) is 0 Å². The van der Waals surface area contributed by atoms with Gasteiger partial charge in [-0.3, -0.25) is 0 Å². The molecule has 37 heavy (non-hydrogen) atoms. The van der Waals surface area contributed by atoms with Gasteiger partial charge >= 0.3 is 0 Å². The maximum atomic E-state index is 5.01. The number of aryl methyl sites for hydroxylation is 1. The Morgan fingerprint density at radius 3 is 2.59 bits per heavy atom. The van der Waals surface area contributed by atoms with Gasteiger partial charge < -0.3 is 30.0 Å². The van der Waals surface area contributed by atoms with Crippen molar-refractivity contribution in [3.05, 3.63) is 60.9 Å². The lowest BCUT2D eigenvalue weighted by molar-refractivity contribution is 0.414. The molecule has 8 nitrogen and oxygen atoms in total. The van der Waals surface area contributed by atoms with Gasteiger partial charge in [-0.15, -0.1) is 0 Å². The number of anilines is 4. The Morgan fingerprint density at radius 2 is 1.81 bits per heavy atom. The van der Waals surface area contributed by atoms with E-state index in [4.69, 9.17) is 9.97 Å². The molecule has 0 aliphatic rings. The molecule has 0 fully saturated rings. The maximum Gasteiger partial charge on any atom is 0.229 e. The number of aromatic amines is 1. The highest BCUT2D eigenvalue weighted by Crippen LogP contribution is 2.35. The van der Waals surface area contributed by atoms with E-state index in [1.807, 2.05) is 12.3 Å². The minimum absolute atomic E-state index is 0.563. The molecule has 0 unspecified atom stereocenters. The van der Waals surface area contributed by atoms with Gasteiger partial charge in [0.2, 0.25) is 5.95 Å². The summed E-state index contributed by atoms with van der Waals surface area (Å²) >= 11 is 0. The SMILES string of the molecule is CCNc1cc(Nc2nc(-c3cn(C)c4ccccc34)c3cc[nH]c3n2)ccc1N(CC)CCN(C)C. The lowest BCUT2D eigenvalue weighted by atomic mass is 10.1. The highest BCUT2D eigenvalue weighted by molar-refractivity contribution is 6.02. The fourth-order valence-electron chi connectivity index (χ4n) is 4.85. The number of hydrogen-bond acceptors (Lipinski definition) is 6. The van der Waals surface area contributed by atoms with E-state index in [0.717, 1.165) is 59.8 Å². The van der Waals surface area contributed by atoms with E-state index in [2.05, 4.69) is 114 Å². The quantitative estimate of drug-likeness (QED) is 0.231. The Labute approximate surface area is 218 Å². The van der Waals surface area contributed by atoms with Gasteiger partial charge in [0, 0.05) is 73.2 Å². The van der Waals surface area contributed by atoms with Crippen LogP contribution >= 0.6 is 0 Å². The first-order chi connectivity index (χ1) is 18.0. The number of hydrogen-bond donors (Lipinski definition) is 3. The summed E-state index contributed by atoms with van der Waals surface area (Å²) in [5.74, 6) is 0.563. The van der Waals surface area contributed by atoms with Crippen molar-refractivity contribution in [3.63, 3.8) is 0 Å². The highest BCUT2D eigenvalue weighted by atomic mass is 15.2. The average Bonchev–Trinajstić information content (AvgIpc) is 3.50. The van der Waals surface area contributed by atoms with Crippen molar-refractivity contribution in [1.29, 1.82) is 0 Å². The van der Waals surface area contributed by atoms with Crippen LogP contribution in [0.5, 0.6) is 0 Å². The molecule has 0 aliphatic heterocycles. The van der Waals surface area contributed by atoms with Crippen molar-refractivity contribution in [2.75, 3.05) is 55.8 Å². The monoisotopic (exact) mass is 496 g/mol. The number of rotatable bonds is 10. The first kappa shape index (κ1) is 24.6. The topological polar surface area (TPSA) is 77.0 Å². The molecular formula is C29H36N8. The molecule has 8 heteroatoms. The van der Waals surface area contributed by atoms with E-state index >= 15 is 0 Å². The van der Waals surface area contributed by atoms with E-state index in [0.29, 0.717) is 5.95 Å². The Balaban J connectivity index is 1.52. The molecule has 192 valence electrons. The number of benzene rings is 2. The van der Waals surface area contributed by atoms with Gasteiger partial charge in [0.15, 0.2) is 0 Å². The molecule has 3 N–H and O–H groups in total. The fourth-order valence-corrected chi connectivity index (χ4v) is 4.85. The van der Waals surface area contributed by atoms with Crippen LogP contribution in [0.4, 0.5) is 23.0 Å². The molecule has 3 aromatic heterocycles. The van der Waals surface area contributed by atoms with E-state index in [9.17, 15) is 0 Å². The van der Waals surface area contributed by atoms with Crippen LogP contribution in [0.25, 0.3) is 33.2 Å². The number of para-hydroxylation sites is 1. The van der Waals surface area contributed by atoms with E-state index < -0.39 is 0 Å². The molecule has 0 saturated heterocycles. The van der Waals surface area contributed by atoms with E-state index in [1.165, 1.54) is 16.6 Å². The van der Waals surface area contributed by atoms with Crippen molar-refractivity contribution in [2.24, 2.45) is 7.05 Å². The average molecular weight is 497 g/mol. The highest BCUT2D eigenvalue weighted by Gasteiger charge is 2.17. The van der Waals surface area contributed by atoms with Gasteiger partial charge in [-0.25, -0.2) is 4.98 Å². The number of nitrogens with zero attached hydrogens (tertiary/aromatic N) is 5. The first-order valence-electron chi connectivity index (χ1n) is 12.9. The summed E-state index contributed by atoms with van der Waals surface area (Å²) in [5.41, 5.74) is 7.24. The zero-order valence-electron chi connectivity index (χ0n) is 22.3. The third-order valence-corrected chi connectivity index (χ3v) is 6.73. The molecule has 0 spiro atoms. The van der Waals surface area contributed by atoms with Crippen LogP contribution in [0.3, 0.4) is 0 Å². The number of fused-ring (bicyclic) bond motifs is 2. The second-order valence-electron chi connectivity index (χ2n) is 9.58. The van der Waals surface area contributed by atoms with Crippen molar-refractivity contribution in [3.8, 4) is 11.3 Å². The Kier molecular flexibility index (Phi) is 7.01. The van der Waals surface area contributed by atoms with Crippen LogP contribution < -0.4 is 15.5 Å². The van der Waals surface area contributed by atoms with Gasteiger partial charge in [0.25, 0.3) is 0 Å². The van der Waals surface area contributed by atoms with Crippen LogP contribution in [0, 0.1) is 0 Å². The van der Waals surface area contributed by atoms with Gasteiger partial charge in [0.1, 0.15) is 5.65 Å². The molecule has 5 aromatic rings. The Hall–Kier alpha value is -4.04. The Bertz CT molecular complexity index is 1510. The molecule has 0 bridgehead atoms. The molecule has 2 aromatic carbocycles. The second-order valence-corrected chi connectivity index (χ2v) is 9.58. The largest absolute Gasteiger partial charge is 0.384 e. The molecule has 0 saturated carbocycles. The van der Waals surface area contributed by atoms with Gasteiger partial charge in [-0.1, -0.05) is 18.2 Å². The number of nitrogens with one attached hydrogen (secondary N) is 3. The minimum atomic E-state index is 0.563. The van der Waals surface area contributed by atoms with Crippen LogP contribution in [-0.4, -0.2) is 64.7 Å². The lowest BCUT2D eigenvalue weighted by Crippen LogP contribution is -2.32. The van der Waals surface area contributed by atoms with Crippen molar-refractivity contribution < 1.29 is 0 Å². The first-order valence-corrected chi connectivity index (χ1v) is 12.9. The van der Waals surface area contributed by atoms with Crippen LogP contribution in [0.1, 0.15) is 13.8 Å². The van der Waals surface area contributed by atoms with Crippen molar-refractivity contribution in [2.45, 2.75) is 13.8 Å². The third-order valence-electron chi connectivity index (χ3n) is 6.73. The summed E-state index contributed by atoms with van der Waals surface area (Å²) in [6, 6.07) is 16.9. The predicted molar refractivity (Wildman–Crippen MR) is 156 cm³/mol. The minimum Gasteiger partial charge on any atom is -0.384 e. The van der Waals surface area contributed by atoms with Gasteiger partial charge in [-0.2, -0.15) is 4.98 Å². The third kappa shape index (κ3) is 4.97. The second kappa shape index (κ2) is 10.5. The molecule has 0 atom stereocenters. The number of aromatic nitrogens is 4. The number of likely N-dealkylation sites (N-methyl/N-ethyl adjacent to an activating group) is 2. The standard InChI is InChI=1S/C29H36N8/c1-6-30-24-18-20(12-13-26(24)37(7-2)17-16-35(3)4)32-29-33-27(22-14-15-31-28(22)34-29)23-19-36(5)25-11-9-8-10-21(23)25/h8-15,18-19,30H,6-7,16-17H2,1-5H3,(H2,31,32,33,34). The smallest absolute Gasteiger partial charge is 0.229 e. The van der Waals surface area contributed by atoms with Gasteiger partial charge in [-0.05, 0) is 58.3 Å². The van der Waals surface area contributed by atoms with Crippen molar-refractivity contribution in [1.82, 2.24) is 24.4 Å². The maximum absolute atomic E-state index is 5.01. The van der Waals surface area contributed by atoms with E-state index in [1.54, 1.807) is 0 Å².